The Balaban J connectivity index is 1.50. The van der Waals surface area contributed by atoms with Crippen LogP contribution >= 0.6 is 0 Å². The average Bonchev–Trinajstić information content (AvgIpc) is 3.17. The van der Waals surface area contributed by atoms with Crippen molar-refractivity contribution in [2.24, 2.45) is 0 Å². The first-order valence-corrected chi connectivity index (χ1v) is 9.56. The van der Waals surface area contributed by atoms with E-state index in [4.69, 9.17) is 14.2 Å². The second-order valence-electron chi connectivity index (χ2n) is 5.89. The summed E-state index contributed by atoms with van der Waals surface area (Å²) in [7, 11) is 1.58. The number of nitrogens with one attached hydrogen (secondary N) is 2. The standard InChI is InChI=1S/C19H18N4O4S/c1-25-15-6-5-14(9-17(15)26-2)28(24)23-13-8-12(10-20-11-13)19-22-18-16(27-19)4-3-7-21-18/h3-11,19,23H,1-2H3,(H,21,22). The highest BCUT2D eigenvalue weighted by Crippen LogP contribution is 2.36. The minimum Gasteiger partial charge on any atom is -0.493 e. The maximum atomic E-state index is 12.7. The van der Waals surface area contributed by atoms with Gasteiger partial charge in [-0.05, 0) is 30.3 Å². The first-order valence-electron chi connectivity index (χ1n) is 8.41. The second kappa shape index (κ2) is 7.73. The Bertz CT molecular complexity index is 1010. The number of anilines is 2. The summed E-state index contributed by atoms with van der Waals surface area (Å²) in [5, 5.41) is 3.18. The summed E-state index contributed by atoms with van der Waals surface area (Å²) in [4.78, 5) is 9.00. The Morgan fingerprint density at radius 2 is 2.00 bits per heavy atom. The average molecular weight is 398 g/mol. The number of methoxy groups -OCH3 is 2. The fourth-order valence-corrected chi connectivity index (χ4v) is 3.63. The van der Waals surface area contributed by atoms with Crippen molar-refractivity contribution in [3.8, 4) is 17.2 Å². The fourth-order valence-electron chi connectivity index (χ4n) is 2.78. The molecule has 28 heavy (non-hydrogen) atoms. The van der Waals surface area contributed by atoms with Gasteiger partial charge < -0.3 is 19.5 Å². The lowest BCUT2D eigenvalue weighted by molar-refractivity contribution is 0.259. The number of fused-ring (bicyclic) bond motifs is 1. The van der Waals surface area contributed by atoms with Gasteiger partial charge in [0.1, 0.15) is 11.0 Å². The summed E-state index contributed by atoms with van der Waals surface area (Å²) in [6.45, 7) is 0. The van der Waals surface area contributed by atoms with Crippen LogP contribution in [0.1, 0.15) is 11.8 Å². The third-order valence-corrected chi connectivity index (χ3v) is 5.23. The summed E-state index contributed by atoms with van der Waals surface area (Å²) in [6, 6.07) is 10.6. The number of pyridine rings is 2. The van der Waals surface area contributed by atoms with Crippen LogP contribution in [0.5, 0.6) is 17.2 Å². The number of hydrogen-bond donors (Lipinski definition) is 2. The van der Waals surface area contributed by atoms with Crippen molar-refractivity contribution in [1.82, 2.24) is 9.97 Å². The highest BCUT2D eigenvalue weighted by Gasteiger charge is 2.24. The van der Waals surface area contributed by atoms with Gasteiger partial charge in [-0.25, -0.2) is 9.19 Å². The lowest BCUT2D eigenvalue weighted by Crippen LogP contribution is -2.12. The minimum absolute atomic E-state index is 0.409. The zero-order valence-electron chi connectivity index (χ0n) is 15.2. The molecule has 0 aliphatic carbocycles. The molecule has 4 rings (SSSR count). The van der Waals surface area contributed by atoms with Gasteiger partial charge in [0.25, 0.3) is 0 Å². The molecule has 8 nitrogen and oxygen atoms in total. The Hall–Kier alpha value is -3.33. The van der Waals surface area contributed by atoms with Gasteiger partial charge in [0, 0.05) is 24.0 Å². The number of aromatic nitrogens is 2. The van der Waals surface area contributed by atoms with E-state index < -0.39 is 17.2 Å². The largest absolute Gasteiger partial charge is 0.493 e. The van der Waals surface area contributed by atoms with E-state index in [2.05, 4.69) is 20.0 Å². The molecule has 3 heterocycles. The van der Waals surface area contributed by atoms with E-state index in [0.29, 0.717) is 33.6 Å². The van der Waals surface area contributed by atoms with E-state index >= 15 is 0 Å². The SMILES string of the molecule is COc1ccc(S(=O)Nc2cncc(C3Nc4ncccc4O3)c2)cc1OC. The smallest absolute Gasteiger partial charge is 0.199 e. The Kier molecular flexibility index (Phi) is 4.98. The van der Waals surface area contributed by atoms with Crippen LogP contribution in [-0.2, 0) is 11.0 Å². The topological polar surface area (TPSA) is 94.6 Å². The maximum Gasteiger partial charge on any atom is 0.199 e. The number of ether oxygens (including phenoxy) is 3. The molecule has 1 aliphatic heterocycles. The van der Waals surface area contributed by atoms with Crippen LogP contribution in [0.4, 0.5) is 11.5 Å². The highest BCUT2D eigenvalue weighted by atomic mass is 32.2. The van der Waals surface area contributed by atoms with Crippen LogP contribution < -0.4 is 24.2 Å². The quantitative estimate of drug-likeness (QED) is 0.659. The van der Waals surface area contributed by atoms with Gasteiger partial charge in [0.15, 0.2) is 29.3 Å². The van der Waals surface area contributed by atoms with Gasteiger partial charge in [-0.2, -0.15) is 0 Å². The van der Waals surface area contributed by atoms with Gasteiger partial charge in [0.05, 0.1) is 31.0 Å². The van der Waals surface area contributed by atoms with Crippen LogP contribution in [-0.4, -0.2) is 28.4 Å². The monoisotopic (exact) mass is 398 g/mol. The second-order valence-corrected chi connectivity index (χ2v) is 7.10. The third-order valence-electron chi connectivity index (χ3n) is 4.13. The van der Waals surface area contributed by atoms with Crippen molar-refractivity contribution >= 4 is 22.5 Å². The predicted molar refractivity (Wildman–Crippen MR) is 105 cm³/mol. The van der Waals surface area contributed by atoms with E-state index in [-0.39, 0.29) is 0 Å². The van der Waals surface area contributed by atoms with E-state index in [1.54, 1.807) is 43.9 Å². The molecule has 0 fully saturated rings. The van der Waals surface area contributed by atoms with E-state index in [9.17, 15) is 4.21 Å². The zero-order valence-corrected chi connectivity index (χ0v) is 16.0. The van der Waals surface area contributed by atoms with E-state index in [0.717, 1.165) is 5.56 Å². The Morgan fingerprint density at radius 1 is 1.14 bits per heavy atom. The maximum absolute atomic E-state index is 12.7. The summed E-state index contributed by atoms with van der Waals surface area (Å²) >= 11 is 0. The van der Waals surface area contributed by atoms with E-state index in [1.165, 1.54) is 7.11 Å². The molecule has 1 aromatic carbocycles. The fraction of sp³-hybridized carbons (Fsp3) is 0.158. The lowest BCUT2D eigenvalue weighted by Gasteiger charge is -2.13. The van der Waals surface area contributed by atoms with Crippen LogP contribution in [0.15, 0.2) is 59.9 Å². The van der Waals surface area contributed by atoms with Crippen molar-refractivity contribution in [3.63, 3.8) is 0 Å². The van der Waals surface area contributed by atoms with Gasteiger partial charge >= 0.3 is 0 Å². The molecule has 0 saturated heterocycles. The van der Waals surface area contributed by atoms with Crippen molar-refractivity contribution in [3.05, 3.63) is 60.6 Å². The molecule has 0 bridgehead atoms. The molecular weight excluding hydrogens is 380 g/mol. The summed E-state index contributed by atoms with van der Waals surface area (Å²) < 4.78 is 32.0. The number of nitrogens with zero attached hydrogens (tertiary/aromatic N) is 2. The van der Waals surface area contributed by atoms with Crippen LogP contribution in [0.3, 0.4) is 0 Å². The van der Waals surface area contributed by atoms with Crippen LogP contribution in [0.2, 0.25) is 0 Å². The molecule has 2 unspecified atom stereocenters. The first-order chi connectivity index (χ1) is 13.7. The molecule has 3 aromatic rings. The summed E-state index contributed by atoms with van der Waals surface area (Å²) in [6.07, 6.45) is 4.57. The van der Waals surface area contributed by atoms with Crippen LogP contribution in [0.25, 0.3) is 0 Å². The molecule has 9 heteroatoms. The summed E-state index contributed by atoms with van der Waals surface area (Å²) in [5.74, 6) is 2.44. The predicted octanol–water partition coefficient (Wildman–Crippen LogP) is 3.13. The van der Waals surface area contributed by atoms with Crippen molar-refractivity contribution in [2.45, 2.75) is 11.1 Å². The zero-order chi connectivity index (χ0) is 19.5. The molecule has 2 N–H and O–H groups in total. The molecule has 0 spiro atoms. The minimum atomic E-state index is -1.51. The van der Waals surface area contributed by atoms with Crippen LogP contribution in [0, 0.1) is 0 Å². The van der Waals surface area contributed by atoms with Crippen molar-refractivity contribution in [2.75, 3.05) is 24.3 Å². The van der Waals surface area contributed by atoms with Crippen molar-refractivity contribution in [1.29, 1.82) is 0 Å². The molecule has 0 radical (unpaired) electrons. The van der Waals surface area contributed by atoms with Gasteiger partial charge in [-0.1, -0.05) is 0 Å². The normalized spacial score (nSPS) is 15.7. The molecule has 144 valence electrons. The molecular formula is C19H18N4O4S. The molecule has 1 aliphatic rings. The van der Waals surface area contributed by atoms with Gasteiger partial charge in [-0.15, -0.1) is 0 Å². The molecule has 0 amide bonds. The Labute approximate surface area is 164 Å². The highest BCUT2D eigenvalue weighted by molar-refractivity contribution is 7.86. The lowest BCUT2D eigenvalue weighted by atomic mass is 10.2. The third kappa shape index (κ3) is 3.56. The van der Waals surface area contributed by atoms with E-state index in [1.807, 2.05) is 18.2 Å². The molecule has 0 saturated carbocycles. The Morgan fingerprint density at radius 3 is 2.79 bits per heavy atom. The molecule has 2 atom stereocenters. The number of rotatable bonds is 6. The molecule has 2 aromatic heterocycles. The van der Waals surface area contributed by atoms with Gasteiger partial charge in [0.2, 0.25) is 0 Å². The summed E-state index contributed by atoms with van der Waals surface area (Å²) in [5.41, 5.74) is 1.38. The van der Waals surface area contributed by atoms with Crippen molar-refractivity contribution < 1.29 is 18.4 Å². The number of benzene rings is 1. The van der Waals surface area contributed by atoms with Gasteiger partial charge in [-0.3, -0.25) is 9.71 Å². The first kappa shape index (κ1) is 18.1. The number of hydrogen-bond acceptors (Lipinski definition) is 7.